The molecule has 0 aliphatic rings. The van der Waals surface area contributed by atoms with E-state index in [-0.39, 0.29) is 0 Å². The van der Waals surface area contributed by atoms with E-state index in [1.54, 1.807) is 21.3 Å². The van der Waals surface area contributed by atoms with E-state index in [1.807, 2.05) is 32.0 Å². The third kappa shape index (κ3) is 3.54. The van der Waals surface area contributed by atoms with E-state index in [0.717, 1.165) is 49.5 Å². The summed E-state index contributed by atoms with van der Waals surface area (Å²) >= 11 is 0. The molecule has 0 aliphatic heterocycles. The Bertz CT molecular complexity index is 1720. The second-order valence-electron chi connectivity index (χ2n) is 10.2. The van der Waals surface area contributed by atoms with Gasteiger partial charge in [0.2, 0.25) is 0 Å². The second kappa shape index (κ2) is 7.74. The predicted molar refractivity (Wildman–Crippen MR) is 145 cm³/mol. The molecule has 35 heavy (non-hydrogen) atoms. The van der Waals surface area contributed by atoms with Crippen LogP contribution in [0.25, 0.3) is 49.4 Å². The third-order valence-corrected chi connectivity index (χ3v) is 7.28. The Balaban J connectivity index is 1.49. The molecule has 0 bridgehead atoms. The van der Waals surface area contributed by atoms with Crippen LogP contribution in [0.4, 0.5) is 0 Å². The quantitative estimate of drug-likeness (QED) is 0.299. The molecule has 6 rings (SSSR count). The SMILES string of the molecule is CC(C)(O)C(C)(C)O[B]c1ccc2c(c1)c1ccccc1n2-c1ccc2oc3ccccc3c2c1. The molecule has 0 amide bonds. The summed E-state index contributed by atoms with van der Waals surface area (Å²) in [6.45, 7) is 7.31. The van der Waals surface area contributed by atoms with Crippen LogP contribution >= 0.6 is 0 Å². The topological polar surface area (TPSA) is 47.5 Å². The average molecular weight is 460 g/mol. The molecule has 0 saturated heterocycles. The molecule has 0 atom stereocenters. The molecule has 2 heterocycles. The minimum Gasteiger partial charge on any atom is -0.456 e. The number of nitrogens with zero attached hydrogens (tertiary/aromatic N) is 1. The van der Waals surface area contributed by atoms with Crippen molar-refractivity contribution in [1.82, 2.24) is 4.57 Å². The van der Waals surface area contributed by atoms with Crippen molar-refractivity contribution in [3.63, 3.8) is 0 Å². The maximum atomic E-state index is 10.4. The number of aromatic nitrogens is 1. The fourth-order valence-corrected chi connectivity index (χ4v) is 4.55. The first kappa shape index (κ1) is 22.0. The summed E-state index contributed by atoms with van der Waals surface area (Å²) in [6.07, 6.45) is 0. The van der Waals surface area contributed by atoms with E-state index in [0.29, 0.717) is 0 Å². The summed E-state index contributed by atoms with van der Waals surface area (Å²) in [4.78, 5) is 0. The predicted octanol–water partition coefficient (Wildman–Crippen LogP) is 6.49. The van der Waals surface area contributed by atoms with Gasteiger partial charge in [0.25, 0.3) is 0 Å². The van der Waals surface area contributed by atoms with Crippen molar-refractivity contribution in [2.45, 2.75) is 38.9 Å². The summed E-state index contributed by atoms with van der Waals surface area (Å²) in [7, 11) is 1.74. The normalized spacial score (nSPS) is 12.8. The molecule has 4 aromatic carbocycles. The minimum atomic E-state index is -0.973. The van der Waals surface area contributed by atoms with Gasteiger partial charge in [-0.3, -0.25) is 0 Å². The van der Waals surface area contributed by atoms with E-state index < -0.39 is 11.2 Å². The van der Waals surface area contributed by atoms with Gasteiger partial charge in [0.1, 0.15) is 11.2 Å². The van der Waals surface area contributed by atoms with Crippen LogP contribution in [0, 0.1) is 0 Å². The molecule has 6 aromatic rings. The summed E-state index contributed by atoms with van der Waals surface area (Å²) in [6, 6.07) is 29.4. The largest absolute Gasteiger partial charge is 0.456 e. The first-order valence-electron chi connectivity index (χ1n) is 11.9. The summed E-state index contributed by atoms with van der Waals surface area (Å²) in [5.41, 5.74) is 4.40. The molecule has 0 saturated carbocycles. The van der Waals surface area contributed by atoms with Gasteiger partial charge in [0.05, 0.1) is 22.2 Å². The smallest absolute Gasteiger partial charge is 0.330 e. The standard InChI is InChI=1S/C30H27BNO3/c1-29(2,33)30(3,4)35-31-19-13-15-26-23(17-19)21-9-5-7-11-25(21)32(26)20-14-16-28-24(18-20)22-10-6-8-12-27(22)34-28/h5-18,33H,1-4H3. The molecule has 0 spiro atoms. The van der Waals surface area contributed by atoms with E-state index >= 15 is 0 Å². The molecular formula is C30H27BNO3. The number of rotatable bonds is 5. The van der Waals surface area contributed by atoms with Gasteiger partial charge in [-0.25, -0.2) is 0 Å². The van der Waals surface area contributed by atoms with Crippen LogP contribution in [0.2, 0.25) is 0 Å². The molecule has 173 valence electrons. The number of hydrogen-bond acceptors (Lipinski definition) is 3. The maximum Gasteiger partial charge on any atom is 0.330 e. The number of fused-ring (bicyclic) bond motifs is 6. The Morgan fingerprint density at radius 1 is 0.714 bits per heavy atom. The highest BCUT2D eigenvalue weighted by molar-refractivity contribution is 6.47. The van der Waals surface area contributed by atoms with E-state index in [1.165, 1.54) is 5.39 Å². The Kier molecular flexibility index (Phi) is 4.86. The lowest BCUT2D eigenvalue weighted by Gasteiger charge is -2.37. The van der Waals surface area contributed by atoms with E-state index in [9.17, 15) is 5.11 Å². The van der Waals surface area contributed by atoms with Crippen LogP contribution in [0.3, 0.4) is 0 Å². The van der Waals surface area contributed by atoms with Crippen LogP contribution in [0.15, 0.2) is 89.3 Å². The van der Waals surface area contributed by atoms with E-state index in [4.69, 9.17) is 9.07 Å². The van der Waals surface area contributed by atoms with Crippen LogP contribution in [-0.2, 0) is 4.65 Å². The van der Waals surface area contributed by atoms with Crippen molar-refractivity contribution in [1.29, 1.82) is 0 Å². The summed E-state index contributed by atoms with van der Waals surface area (Å²) in [5, 5.41) is 15.0. The summed E-state index contributed by atoms with van der Waals surface area (Å²) in [5.74, 6) is 0. The van der Waals surface area contributed by atoms with Gasteiger partial charge in [0, 0.05) is 27.2 Å². The molecule has 2 aromatic heterocycles. The average Bonchev–Trinajstić information content (AvgIpc) is 3.37. The maximum absolute atomic E-state index is 10.4. The zero-order valence-electron chi connectivity index (χ0n) is 20.4. The van der Waals surface area contributed by atoms with Gasteiger partial charge < -0.3 is 18.7 Å². The van der Waals surface area contributed by atoms with Crippen LogP contribution in [-0.4, -0.2) is 28.4 Å². The fraction of sp³-hybridized carbons (Fsp3) is 0.200. The number of aliphatic hydroxyl groups is 1. The number of hydrogen-bond donors (Lipinski definition) is 1. The van der Waals surface area contributed by atoms with Gasteiger partial charge in [-0.05, 0) is 64.1 Å². The molecule has 0 aliphatic carbocycles. The lowest BCUT2D eigenvalue weighted by Crippen LogP contribution is -2.49. The first-order chi connectivity index (χ1) is 16.7. The van der Waals surface area contributed by atoms with Crippen molar-refractivity contribution in [3.05, 3.63) is 84.9 Å². The highest BCUT2D eigenvalue weighted by Gasteiger charge is 2.35. The van der Waals surface area contributed by atoms with Crippen molar-refractivity contribution in [2.24, 2.45) is 0 Å². The lowest BCUT2D eigenvalue weighted by molar-refractivity contribution is -0.0893. The zero-order valence-corrected chi connectivity index (χ0v) is 20.4. The van der Waals surface area contributed by atoms with Crippen LogP contribution in [0.5, 0.6) is 0 Å². The van der Waals surface area contributed by atoms with Crippen molar-refractivity contribution >= 4 is 56.7 Å². The molecule has 5 heteroatoms. The molecule has 1 radical (unpaired) electrons. The van der Waals surface area contributed by atoms with Crippen LogP contribution < -0.4 is 5.46 Å². The molecule has 0 fully saturated rings. The highest BCUT2D eigenvalue weighted by Crippen LogP contribution is 2.35. The van der Waals surface area contributed by atoms with E-state index in [2.05, 4.69) is 71.3 Å². The van der Waals surface area contributed by atoms with Gasteiger partial charge in [-0.1, -0.05) is 54.0 Å². The zero-order chi connectivity index (χ0) is 24.4. The lowest BCUT2D eigenvalue weighted by atomic mass is 9.82. The van der Waals surface area contributed by atoms with Gasteiger partial charge in [0.15, 0.2) is 0 Å². The number of para-hydroxylation sites is 2. The molecule has 0 unspecified atom stereocenters. The molecular weight excluding hydrogens is 433 g/mol. The van der Waals surface area contributed by atoms with Crippen molar-refractivity contribution in [2.75, 3.05) is 0 Å². The Labute approximate surface area is 205 Å². The Hall–Kier alpha value is -3.54. The molecule has 1 N–H and O–H groups in total. The van der Waals surface area contributed by atoms with Crippen molar-refractivity contribution in [3.8, 4) is 5.69 Å². The molecule has 4 nitrogen and oxygen atoms in total. The fourth-order valence-electron chi connectivity index (χ4n) is 4.55. The minimum absolute atomic E-state index is 0.723. The number of benzene rings is 4. The first-order valence-corrected chi connectivity index (χ1v) is 11.9. The van der Waals surface area contributed by atoms with Gasteiger partial charge >= 0.3 is 7.48 Å². The highest BCUT2D eigenvalue weighted by atomic mass is 16.5. The van der Waals surface area contributed by atoms with Crippen LogP contribution in [0.1, 0.15) is 27.7 Å². The monoisotopic (exact) mass is 460 g/mol. The van der Waals surface area contributed by atoms with Crippen molar-refractivity contribution < 1.29 is 14.2 Å². The Morgan fingerprint density at radius 2 is 1.40 bits per heavy atom. The Morgan fingerprint density at radius 3 is 2.20 bits per heavy atom. The third-order valence-electron chi connectivity index (χ3n) is 7.28. The summed E-state index contributed by atoms with van der Waals surface area (Å²) < 4.78 is 14.4. The van der Waals surface area contributed by atoms with Gasteiger partial charge in [-0.15, -0.1) is 0 Å². The second-order valence-corrected chi connectivity index (χ2v) is 10.2. The number of furan rings is 1. The van der Waals surface area contributed by atoms with Gasteiger partial charge in [-0.2, -0.15) is 0 Å².